The Bertz CT molecular complexity index is 657. The van der Waals surface area contributed by atoms with Crippen molar-refractivity contribution in [1.29, 1.82) is 0 Å². The number of nitrogens with zero attached hydrogens (tertiary/aromatic N) is 3. The topological polar surface area (TPSA) is 107 Å². The van der Waals surface area contributed by atoms with E-state index in [0.717, 1.165) is 17.0 Å². The van der Waals surface area contributed by atoms with Crippen molar-refractivity contribution in [1.82, 2.24) is 9.97 Å². The molecule has 110 valence electrons. The normalized spacial score (nSPS) is 10.4. The van der Waals surface area contributed by atoms with Crippen LogP contribution in [-0.2, 0) is 5.75 Å². The van der Waals surface area contributed by atoms with Gasteiger partial charge in [0.05, 0.1) is 4.92 Å². The van der Waals surface area contributed by atoms with Gasteiger partial charge in [-0.05, 0) is 25.5 Å². The first-order valence-electron chi connectivity index (χ1n) is 6.19. The molecule has 0 saturated carbocycles. The van der Waals surface area contributed by atoms with Gasteiger partial charge in [-0.3, -0.25) is 16.0 Å². The van der Waals surface area contributed by atoms with Crippen molar-refractivity contribution >= 4 is 23.1 Å². The van der Waals surface area contributed by atoms with Crippen molar-refractivity contribution in [3.63, 3.8) is 0 Å². The number of aromatic nitrogens is 2. The molecule has 1 aromatic heterocycles. The predicted molar refractivity (Wildman–Crippen MR) is 82.0 cm³/mol. The van der Waals surface area contributed by atoms with Crippen LogP contribution in [0.3, 0.4) is 0 Å². The number of benzene rings is 1. The van der Waals surface area contributed by atoms with Gasteiger partial charge in [-0.2, -0.15) is 0 Å². The summed E-state index contributed by atoms with van der Waals surface area (Å²) >= 11 is 1.41. The number of anilines is 1. The van der Waals surface area contributed by atoms with Gasteiger partial charge >= 0.3 is 0 Å². The van der Waals surface area contributed by atoms with Gasteiger partial charge in [0.15, 0.2) is 5.16 Å². The number of nitro benzene ring substituents is 1. The number of nitrogens with one attached hydrogen (secondary N) is 1. The summed E-state index contributed by atoms with van der Waals surface area (Å²) in [5.41, 5.74) is 5.20. The van der Waals surface area contributed by atoms with E-state index >= 15 is 0 Å². The van der Waals surface area contributed by atoms with Crippen LogP contribution in [0.4, 0.5) is 11.4 Å². The van der Waals surface area contributed by atoms with Gasteiger partial charge in [0.25, 0.3) is 5.69 Å². The molecule has 7 nitrogen and oxygen atoms in total. The van der Waals surface area contributed by atoms with E-state index < -0.39 is 4.92 Å². The number of hydrogen-bond acceptors (Lipinski definition) is 7. The molecule has 8 heteroatoms. The van der Waals surface area contributed by atoms with E-state index in [0.29, 0.717) is 16.6 Å². The average Bonchev–Trinajstić information content (AvgIpc) is 2.43. The molecule has 0 amide bonds. The van der Waals surface area contributed by atoms with Crippen molar-refractivity contribution in [2.75, 3.05) is 5.43 Å². The second-order valence-corrected chi connectivity index (χ2v) is 5.38. The summed E-state index contributed by atoms with van der Waals surface area (Å²) in [6, 6.07) is 6.73. The Labute approximate surface area is 126 Å². The molecule has 0 aliphatic rings. The highest BCUT2D eigenvalue weighted by Crippen LogP contribution is 2.31. The molecular formula is C13H15N5O2S. The monoisotopic (exact) mass is 305 g/mol. The minimum atomic E-state index is -0.462. The third-order valence-corrected chi connectivity index (χ3v) is 3.68. The SMILES string of the molecule is Cc1cc(C)nc(SCc2cccc([N+](=O)[O-])c2NN)n1. The van der Waals surface area contributed by atoms with Gasteiger partial charge in [-0.1, -0.05) is 23.9 Å². The molecular weight excluding hydrogens is 290 g/mol. The van der Waals surface area contributed by atoms with Gasteiger partial charge in [0, 0.05) is 23.2 Å². The highest BCUT2D eigenvalue weighted by molar-refractivity contribution is 7.98. The zero-order valence-corrected chi connectivity index (χ0v) is 12.5. The molecule has 0 spiro atoms. The number of aryl methyl sites for hydroxylation is 2. The Balaban J connectivity index is 2.23. The van der Waals surface area contributed by atoms with E-state index in [1.807, 2.05) is 19.9 Å². The van der Waals surface area contributed by atoms with Crippen LogP contribution in [0, 0.1) is 24.0 Å². The van der Waals surface area contributed by atoms with E-state index in [1.54, 1.807) is 12.1 Å². The lowest BCUT2D eigenvalue weighted by Crippen LogP contribution is -2.11. The first-order valence-corrected chi connectivity index (χ1v) is 7.18. The second kappa shape index (κ2) is 6.51. The summed E-state index contributed by atoms with van der Waals surface area (Å²) < 4.78 is 0. The van der Waals surface area contributed by atoms with Crippen molar-refractivity contribution in [3.8, 4) is 0 Å². The Kier molecular flexibility index (Phi) is 4.71. The Morgan fingerprint density at radius 2 is 2.00 bits per heavy atom. The van der Waals surface area contributed by atoms with E-state index in [-0.39, 0.29) is 5.69 Å². The molecule has 2 rings (SSSR count). The first-order chi connectivity index (χ1) is 10.0. The average molecular weight is 305 g/mol. The quantitative estimate of drug-likeness (QED) is 0.287. The fourth-order valence-corrected chi connectivity index (χ4v) is 2.87. The van der Waals surface area contributed by atoms with Gasteiger partial charge in [0.2, 0.25) is 0 Å². The fraction of sp³-hybridized carbons (Fsp3) is 0.231. The molecule has 2 aromatic rings. The number of thioether (sulfide) groups is 1. The lowest BCUT2D eigenvalue weighted by molar-refractivity contribution is -0.384. The molecule has 0 unspecified atom stereocenters. The van der Waals surface area contributed by atoms with Crippen LogP contribution in [0.15, 0.2) is 29.4 Å². The van der Waals surface area contributed by atoms with Crippen LogP contribution >= 0.6 is 11.8 Å². The molecule has 0 atom stereocenters. The number of nitrogens with two attached hydrogens (primary N) is 1. The van der Waals surface area contributed by atoms with Crippen LogP contribution < -0.4 is 11.3 Å². The number of para-hydroxylation sites is 1. The molecule has 0 aliphatic heterocycles. The molecule has 1 heterocycles. The molecule has 0 fully saturated rings. The molecule has 0 bridgehead atoms. The maximum Gasteiger partial charge on any atom is 0.293 e. The molecule has 0 saturated heterocycles. The van der Waals surface area contributed by atoms with Gasteiger partial charge in [0.1, 0.15) is 5.69 Å². The third-order valence-electron chi connectivity index (χ3n) is 2.79. The maximum atomic E-state index is 11.0. The van der Waals surface area contributed by atoms with Gasteiger partial charge in [-0.25, -0.2) is 9.97 Å². The lowest BCUT2D eigenvalue weighted by Gasteiger charge is -2.09. The Morgan fingerprint density at radius 3 is 2.57 bits per heavy atom. The van der Waals surface area contributed by atoms with E-state index in [1.165, 1.54) is 17.8 Å². The van der Waals surface area contributed by atoms with Crippen molar-refractivity contribution < 1.29 is 4.92 Å². The number of hydrogen-bond donors (Lipinski definition) is 2. The zero-order chi connectivity index (χ0) is 15.4. The summed E-state index contributed by atoms with van der Waals surface area (Å²) in [6.45, 7) is 3.80. The number of nitrogen functional groups attached to an aromatic ring is 1. The van der Waals surface area contributed by atoms with E-state index in [4.69, 9.17) is 5.84 Å². The van der Waals surface area contributed by atoms with Gasteiger partial charge in [-0.15, -0.1) is 0 Å². The first kappa shape index (κ1) is 15.2. The standard InChI is InChI=1S/C13H15N5O2S/c1-8-6-9(2)16-13(15-8)21-7-10-4-3-5-11(18(19)20)12(10)17-14/h3-6,17H,7,14H2,1-2H3. The van der Waals surface area contributed by atoms with Crippen molar-refractivity contribution in [3.05, 3.63) is 51.3 Å². The van der Waals surface area contributed by atoms with Crippen LogP contribution in [0.2, 0.25) is 0 Å². The van der Waals surface area contributed by atoms with E-state index in [2.05, 4.69) is 15.4 Å². The number of hydrazine groups is 1. The summed E-state index contributed by atoms with van der Waals surface area (Å²) in [5, 5.41) is 11.6. The minimum absolute atomic E-state index is 0.0445. The minimum Gasteiger partial charge on any atom is -0.318 e. The predicted octanol–water partition coefficient (Wildman–Crippen LogP) is 2.58. The zero-order valence-electron chi connectivity index (χ0n) is 11.7. The fourth-order valence-electron chi connectivity index (χ4n) is 1.93. The smallest absolute Gasteiger partial charge is 0.293 e. The number of rotatable bonds is 5. The van der Waals surface area contributed by atoms with Crippen LogP contribution in [0.1, 0.15) is 17.0 Å². The lowest BCUT2D eigenvalue weighted by atomic mass is 10.2. The van der Waals surface area contributed by atoms with Crippen molar-refractivity contribution in [2.24, 2.45) is 5.84 Å². The maximum absolute atomic E-state index is 11.0. The summed E-state index contributed by atoms with van der Waals surface area (Å²) in [7, 11) is 0. The van der Waals surface area contributed by atoms with E-state index in [9.17, 15) is 10.1 Å². The summed E-state index contributed by atoms with van der Waals surface area (Å²) in [6.07, 6.45) is 0. The molecule has 0 radical (unpaired) electrons. The molecule has 0 aliphatic carbocycles. The van der Waals surface area contributed by atoms with Crippen LogP contribution in [-0.4, -0.2) is 14.9 Å². The van der Waals surface area contributed by atoms with Crippen LogP contribution in [0.5, 0.6) is 0 Å². The molecule has 3 N–H and O–H groups in total. The Morgan fingerprint density at radius 1 is 1.33 bits per heavy atom. The van der Waals surface area contributed by atoms with Crippen molar-refractivity contribution in [2.45, 2.75) is 24.8 Å². The highest BCUT2D eigenvalue weighted by Gasteiger charge is 2.16. The summed E-state index contributed by atoms with van der Waals surface area (Å²) in [5.74, 6) is 5.90. The number of nitro groups is 1. The second-order valence-electron chi connectivity index (χ2n) is 4.43. The Hall–Kier alpha value is -2.19. The largest absolute Gasteiger partial charge is 0.318 e. The molecule has 21 heavy (non-hydrogen) atoms. The third kappa shape index (κ3) is 3.67. The summed E-state index contributed by atoms with van der Waals surface area (Å²) in [4.78, 5) is 19.2. The van der Waals surface area contributed by atoms with Gasteiger partial charge < -0.3 is 5.43 Å². The highest BCUT2D eigenvalue weighted by atomic mass is 32.2. The molecule has 1 aromatic carbocycles. The van der Waals surface area contributed by atoms with Crippen LogP contribution in [0.25, 0.3) is 0 Å².